The third-order valence-corrected chi connectivity index (χ3v) is 22.2. The molecule has 13 N–H and O–H groups in total. The number of carboxylic acid groups (broad SMARTS) is 1. The van der Waals surface area contributed by atoms with Gasteiger partial charge in [0, 0.05) is 17.9 Å². The van der Waals surface area contributed by atoms with Gasteiger partial charge in [0.15, 0.2) is 31.3 Å². The molecular formula is C59H90O27. The Kier molecular flexibility index (Phi) is 19.3. The molecule has 86 heavy (non-hydrogen) atoms. The molecule has 4 heterocycles. The van der Waals surface area contributed by atoms with E-state index in [2.05, 4.69) is 26.8 Å². The van der Waals surface area contributed by atoms with Crippen LogP contribution < -0.4 is 0 Å². The van der Waals surface area contributed by atoms with Crippen molar-refractivity contribution in [2.24, 2.45) is 50.2 Å². The van der Waals surface area contributed by atoms with Gasteiger partial charge in [0.1, 0.15) is 97.8 Å². The summed E-state index contributed by atoms with van der Waals surface area (Å²) < 4.78 is 60.5. The van der Waals surface area contributed by atoms with Crippen LogP contribution in [-0.4, -0.2) is 252 Å². The van der Waals surface area contributed by atoms with Crippen molar-refractivity contribution in [2.75, 3.05) is 26.4 Å². The van der Waals surface area contributed by atoms with Gasteiger partial charge in [-0.1, -0.05) is 59.3 Å². The molecule has 0 spiro atoms. The topological polar surface area (TPSA) is 424 Å². The average molecular weight is 1230 g/mol. The number of aliphatic hydroxyl groups is 12. The van der Waals surface area contributed by atoms with Gasteiger partial charge >= 0.3 is 17.9 Å². The van der Waals surface area contributed by atoms with Crippen LogP contribution in [0.2, 0.25) is 0 Å². The van der Waals surface area contributed by atoms with Gasteiger partial charge in [0.05, 0.1) is 49.5 Å². The molecule has 0 radical (unpaired) electrons. The van der Waals surface area contributed by atoms with Crippen LogP contribution in [0, 0.1) is 50.2 Å². The lowest BCUT2D eigenvalue weighted by atomic mass is 9.33. The number of hydrogen-bond acceptors (Lipinski definition) is 26. The van der Waals surface area contributed by atoms with E-state index in [0.717, 1.165) is 11.9 Å². The molecular weight excluding hydrogens is 1140 g/mol. The SMILES string of the molecule is C/C=C(/C)C(=O)O[C@H]1[C@H](OC(C)=O)[C@]2(CO)[C@H](O)C[C@]3(C)C(=CC[C@@H]4[C@@]5(C)CC[C@H](O[C@@H]6O[C@H](C(=O)O)[C@@H](O)[C@H](O[C@@H]7OC[C@H](O)[C@H](O)[C@H]7OC7OCC(O)C(O)C7O)[C@H]6O[C@@H]6O[C@H](CO)[C@H](O)[C@H](O)[C@H]6O)[C@@](C)(C=O)[C@@H]5CC[C@]43C)[C@@H]2CC1(C)C. The number of ether oxygens (including phenoxy) is 10. The van der Waals surface area contributed by atoms with E-state index in [1.54, 1.807) is 26.8 Å². The lowest BCUT2D eigenvalue weighted by molar-refractivity contribution is -0.398. The number of carbonyl (C=O) groups excluding carboxylic acids is 3. The molecule has 5 aliphatic carbocycles. The summed E-state index contributed by atoms with van der Waals surface area (Å²) in [5, 5.41) is 144. The minimum atomic E-state index is -2.28. The zero-order chi connectivity index (χ0) is 63.3. The fourth-order valence-electron chi connectivity index (χ4n) is 17.0. The molecule has 27 nitrogen and oxygen atoms in total. The number of rotatable bonds is 15. The molecule has 4 saturated carbocycles. The molecule has 9 rings (SSSR count). The number of allylic oxidation sites excluding steroid dienone is 3. The molecule has 4 saturated heterocycles. The van der Waals surface area contributed by atoms with Crippen molar-refractivity contribution in [3.8, 4) is 0 Å². The molecule has 30 atom stereocenters. The maximum atomic E-state index is 14.2. The van der Waals surface area contributed by atoms with Gasteiger partial charge in [0.25, 0.3) is 0 Å². The summed E-state index contributed by atoms with van der Waals surface area (Å²) in [7, 11) is 0. The number of esters is 2. The second kappa shape index (κ2) is 24.8. The van der Waals surface area contributed by atoms with E-state index in [0.29, 0.717) is 37.7 Å². The van der Waals surface area contributed by atoms with Crippen LogP contribution >= 0.6 is 0 Å². The van der Waals surface area contributed by atoms with Gasteiger partial charge in [-0.05, 0) is 92.8 Å². The summed E-state index contributed by atoms with van der Waals surface area (Å²) >= 11 is 0. The number of hydrogen-bond donors (Lipinski definition) is 13. The highest BCUT2D eigenvalue weighted by Crippen LogP contribution is 2.76. The van der Waals surface area contributed by atoms with Gasteiger partial charge in [-0.3, -0.25) is 4.79 Å². The molecule has 0 aromatic carbocycles. The van der Waals surface area contributed by atoms with Crippen molar-refractivity contribution in [2.45, 2.75) is 242 Å². The molecule has 0 amide bonds. The maximum Gasteiger partial charge on any atom is 0.335 e. The van der Waals surface area contributed by atoms with E-state index in [9.17, 15) is 85.6 Å². The van der Waals surface area contributed by atoms with Crippen molar-refractivity contribution in [1.82, 2.24) is 0 Å². The maximum absolute atomic E-state index is 14.2. The highest BCUT2D eigenvalue weighted by Gasteiger charge is 2.74. The molecule has 0 bridgehead atoms. The number of carboxylic acids is 1. The van der Waals surface area contributed by atoms with Crippen LogP contribution in [0.4, 0.5) is 0 Å². The molecule has 27 heteroatoms. The largest absolute Gasteiger partial charge is 0.479 e. The molecule has 4 aliphatic heterocycles. The fourth-order valence-corrected chi connectivity index (χ4v) is 17.0. The van der Waals surface area contributed by atoms with Crippen LogP contribution in [0.25, 0.3) is 0 Å². The zero-order valence-electron chi connectivity index (χ0n) is 50.0. The highest BCUT2D eigenvalue weighted by atomic mass is 16.8. The number of fused-ring (bicyclic) bond motifs is 7. The van der Waals surface area contributed by atoms with Gasteiger partial charge in [0.2, 0.25) is 0 Å². The number of aliphatic hydroxyl groups excluding tert-OH is 12. The minimum absolute atomic E-state index is 0.112. The number of aldehydes is 1. The molecule has 0 aromatic heterocycles. The van der Waals surface area contributed by atoms with Gasteiger partial charge in [-0.15, -0.1) is 0 Å². The van der Waals surface area contributed by atoms with E-state index in [1.165, 1.54) is 6.92 Å². The predicted molar refractivity (Wildman–Crippen MR) is 289 cm³/mol. The first-order chi connectivity index (χ1) is 40.3. The van der Waals surface area contributed by atoms with E-state index >= 15 is 0 Å². The summed E-state index contributed by atoms with van der Waals surface area (Å²) in [6, 6.07) is 0. The van der Waals surface area contributed by atoms with Crippen molar-refractivity contribution in [1.29, 1.82) is 0 Å². The summed E-state index contributed by atoms with van der Waals surface area (Å²) in [4.78, 5) is 53.8. The highest BCUT2D eigenvalue weighted by molar-refractivity contribution is 5.87. The smallest absolute Gasteiger partial charge is 0.335 e. The Morgan fingerprint density at radius 3 is 1.91 bits per heavy atom. The number of aliphatic carboxylic acids is 1. The summed E-state index contributed by atoms with van der Waals surface area (Å²) in [6.45, 7) is 13.8. The van der Waals surface area contributed by atoms with Gasteiger partial charge in [-0.25, -0.2) is 9.59 Å². The second-order valence-corrected chi connectivity index (χ2v) is 27.3. The van der Waals surface area contributed by atoms with Crippen LogP contribution in [-0.2, 0) is 66.5 Å². The van der Waals surface area contributed by atoms with Gasteiger partial charge < -0.3 is 119 Å². The monoisotopic (exact) mass is 1230 g/mol. The van der Waals surface area contributed by atoms with Crippen molar-refractivity contribution < 1.29 is 133 Å². The quantitative estimate of drug-likeness (QED) is 0.0277. The van der Waals surface area contributed by atoms with Crippen molar-refractivity contribution in [3.63, 3.8) is 0 Å². The Hall–Kier alpha value is -3.24. The molecule has 488 valence electrons. The van der Waals surface area contributed by atoms with E-state index in [4.69, 9.17) is 47.4 Å². The molecule has 8 fully saturated rings. The Labute approximate surface area is 498 Å². The molecule has 4 unspecified atom stereocenters. The zero-order valence-corrected chi connectivity index (χ0v) is 50.0. The minimum Gasteiger partial charge on any atom is -0.479 e. The molecule has 0 aromatic rings. The average Bonchev–Trinajstić information content (AvgIpc) is 0.672. The third kappa shape index (κ3) is 10.9. The Balaban J connectivity index is 1.05. The number of carbonyl (C=O) groups is 4. The van der Waals surface area contributed by atoms with E-state index in [-0.39, 0.29) is 18.8 Å². The summed E-state index contributed by atoms with van der Waals surface area (Å²) in [5.41, 5.74) is -4.42. The predicted octanol–water partition coefficient (Wildman–Crippen LogP) is -2.01. The van der Waals surface area contributed by atoms with Crippen molar-refractivity contribution >= 4 is 24.2 Å². The van der Waals surface area contributed by atoms with Gasteiger partial charge in [-0.2, -0.15) is 0 Å². The first-order valence-electron chi connectivity index (χ1n) is 29.9. The summed E-state index contributed by atoms with van der Waals surface area (Å²) in [6.07, 6.45) is -32.4. The lowest BCUT2D eigenvalue weighted by Gasteiger charge is -2.72. The van der Waals surface area contributed by atoms with E-state index < -0.39 is 224 Å². The Bertz CT molecular complexity index is 2550. The van der Waals surface area contributed by atoms with Crippen LogP contribution in [0.1, 0.15) is 107 Å². The second-order valence-electron chi connectivity index (χ2n) is 27.3. The first kappa shape index (κ1) is 67.2. The lowest BCUT2D eigenvalue weighted by Crippen LogP contribution is -2.72. The first-order valence-corrected chi connectivity index (χ1v) is 29.9. The third-order valence-electron chi connectivity index (χ3n) is 22.2. The molecule has 9 aliphatic rings. The normalized spacial score (nSPS) is 51.1. The van der Waals surface area contributed by atoms with Crippen LogP contribution in [0.3, 0.4) is 0 Å². The Morgan fingerprint density at radius 2 is 1.29 bits per heavy atom. The standard InChI is InChI=1S/C59H90O27/c1-10-24(2)49(76)86-46-47(79-25(3)63)59(23-62)27(17-54(46,4)5)26-11-12-32-55(6)15-14-34(56(7,22-61)31(55)13-16-57(32,8)58(26,9)18-33(59)66)81-53-45(85-51-40(72)38(70)37(69)30(19-60)80-51)42(41(73)43(83-53)48(74)75)82-52-44(36(68)29(65)21-78-52)84-50-39(71)35(67)28(64)20-77-50/h10-11,22,27-47,50-53,60,62,64-73H,12-21,23H2,1-9H3,(H,74,75)/b24-10-/t27-,28?,29-,30+,31+,32+,33+,34-,35?,36-,37-,38-,39?,40+,41-,42-,43-,44+,45+,46-,47-,50?,51-,52-,53+,55-,56-,57+,58+,59-/m0/s1. The van der Waals surface area contributed by atoms with Crippen LogP contribution in [0.5, 0.6) is 0 Å². The van der Waals surface area contributed by atoms with Crippen LogP contribution in [0.15, 0.2) is 23.3 Å². The summed E-state index contributed by atoms with van der Waals surface area (Å²) in [5.74, 6) is -4.24. The fraction of sp³-hybridized carbons (Fsp3) is 0.864. The van der Waals surface area contributed by atoms with E-state index in [1.807, 2.05) is 13.8 Å². The Morgan fingerprint density at radius 1 is 0.663 bits per heavy atom. The van der Waals surface area contributed by atoms with Crippen molar-refractivity contribution in [3.05, 3.63) is 23.3 Å².